The number of halogens is 2. The molecule has 1 fully saturated rings. The summed E-state index contributed by atoms with van der Waals surface area (Å²) in [5.74, 6) is 0.856. The predicted octanol–water partition coefficient (Wildman–Crippen LogP) is 2.44. The van der Waals surface area contributed by atoms with Crippen LogP contribution in [0.5, 0.6) is 0 Å². The Morgan fingerprint density at radius 1 is 1.47 bits per heavy atom. The van der Waals surface area contributed by atoms with E-state index in [0.717, 1.165) is 21.7 Å². The number of carbonyl (C=O) groups is 1. The molecule has 3 nitrogen and oxygen atoms in total. The van der Waals surface area contributed by atoms with E-state index in [1.807, 2.05) is 12.1 Å². The van der Waals surface area contributed by atoms with Crippen LogP contribution < -0.4 is 10.6 Å². The van der Waals surface area contributed by atoms with Gasteiger partial charge in [-0.25, -0.2) is 0 Å². The van der Waals surface area contributed by atoms with Crippen molar-refractivity contribution in [3.8, 4) is 0 Å². The van der Waals surface area contributed by atoms with Gasteiger partial charge in [0.15, 0.2) is 0 Å². The standard InChI is InChI=1S/C11H15ClN2OS.ClH/c12-10-4-3-9(16-10)6-14-11(15)7-13-5-8-1-2-8;/h3-4,8,13H,1-2,5-7H2,(H,14,15);1H. The van der Waals surface area contributed by atoms with E-state index in [4.69, 9.17) is 11.6 Å². The van der Waals surface area contributed by atoms with Gasteiger partial charge in [0.2, 0.25) is 5.91 Å². The van der Waals surface area contributed by atoms with Crippen LogP contribution >= 0.6 is 35.3 Å². The average Bonchev–Trinajstić information content (AvgIpc) is 2.98. The SMILES string of the molecule is Cl.O=C(CNCC1CC1)NCc1ccc(Cl)s1. The fraction of sp³-hybridized carbons (Fsp3) is 0.545. The Bertz CT molecular complexity index is 366. The molecule has 0 spiro atoms. The maximum atomic E-state index is 11.4. The van der Waals surface area contributed by atoms with Gasteiger partial charge in [0.1, 0.15) is 0 Å². The maximum Gasteiger partial charge on any atom is 0.234 e. The second-order valence-electron chi connectivity index (χ2n) is 4.06. The molecule has 1 amide bonds. The summed E-state index contributed by atoms with van der Waals surface area (Å²) in [6.07, 6.45) is 2.62. The normalized spacial score (nSPS) is 14.2. The van der Waals surface area contributed by atoms with Crippen molar-refractivity contribution in [2.75, 3.05) is 13.1 Å². The van der Waals surface area contributed by atoms with Gasteiger partial charge in [-0.15, -0.1) is 23.7 Å². The minimum Gasteiger partial charge on any atom is -0.350 e. The highest BCUT2D eigenvalue weighted by Crippen LogP contribution is 2.27. The summed E-state index contributed by atoms with van der Waals surface area (Å²) >= 11 is 7.29. The third-order valence-electron chi connectivity index (χ3n) is 2.50. The lowest BCUT2D eigenvalue weighted by molar-refractivity contribution is -0.120. The van der Waals surface area contributed by atoms with Crippen LogP contribution in [0.2, 0.25) is 4.34 Å². The number of carbonyl (C=O) groups excluding carboxylic acids is 1. The number of amides is 1. The molecule has 96 valence electrons. The molecule has 1 heterocycles. The molecule has 1 aromatic rings. The van der Waals surface area contributed by atoms with Gasteiger partial charge in [0, 0.05) is 4.88 Å². The Labute approximate surface area is 116 Å². The molecular formula is C11H16Cl2N2OS. The monoisotopic (exact) mass is 294 g/mol. The molecule has 6 heteroatoms. The van der Waals surface area contributed by atoms with Gasteiger partial charge < -0.3 is 10.6 Å². The number of rotatable bonds is 6. The van der Waals surface area contributed by atoms with Gasteiger partial charge >= 0.3 is 0 Å². The van der Waals surface area contributed by atoms with Crippen LogP contribution in [-0.4, -0.2) is 19.0 Å². The van der Waals surface area contributed by atoms with Gasteiger partial charge in [0.25, 0.3) is 0 Å². The zero-order chi connectivity index (χ0) is 11.4. The van der Waals surface area contributed by atoms with Crippen molar-refractivity contribution in [2.24, 2.45) is 5.92 Å². The highest BCUT2D eigenvalue weighted by Gasteiger charge is 2.20. The minimum atomic E-state index is 0. The summed E-state index contributed by atoms with van der Waals surface area (Å²) in [7, 11) is 0. The van der Waals surface area contributed by atoms with Crippen LogP contribution in [-0.2, 0) is 11.3 Å². The predicted molar refractivity (Wildman–Crippen MR) is 74.0 cm³/mol. The summed E-state index contributed by atoms with van der Waals surface area (Å²) in [5, 5.41) is 6.01. The Morgan fingerprint density at radius 2 is 2.24 bits per heavy atom. The molecule has 1 aliphatic carbocycles. The van der Waals surface area contributed by atoms with E-state index in [1.165, 1.54) is 24.2 Å². The molecule has 0 aliphatic heterocycles. The smallest absolute Gasteiger partial charge is 0.234 e. The van der Waals surface area contributed by atoms with Crippen molar-refractivity contribution in [1.29, 1.82) is 0 Å². The number of thiophene rings is 1. The van der Waals surface area contributed by atoms with Crippen molar-refractivity contribution >= 4 is 41.3 Å². The average molecular weight is 295 g/mol. The van der Waals surface area contributed by atoms with Crippen LogP contribution in [0.1, 0.15) is 17.7 Å². The summed E-state index contributed by atoms with van der Waals surface area (Å²) in [6.45, 7) is 1.95. The third-order valence-corrected chi connectivity index (χ3v) is 3.74. The summed E-state index contributed by atoms with van der Waals surface area (Å²) < 4.78 is 0.760. The van der Waals surface area contributed by atoms with Crippen molar-refractivity contribution < 1.29 is 4.79 Å². The fourth-order valence-corrected chi connectivity index (χ4v) is 2.43. The van der Waals surface area contributed by atoms with E-state index in [1.54, 1.807) is 0 Å². The molecular weight excluding hydrogens is 279 g/mol. The summed E-state index contributed by atoms with van der Waals surface area (Å²) in [4.78, 5) is 12.5. The number of hydrogen-bond donors (Lipinski definition) is 2. The molecule has 0 unspecified atom stereocenters. The highest BCUT2D eigenvalue weighted by atomic mass is 35.5. The minimum absolute atomic E-state index is 0. The van der Waals surface area contributed by atoms with Crippen molar-refractivity contribution in [2.45, 2.75) is 19.4 Å². The number of nitrogens with one attached hydrogen (secondary N) is 2. The summed E-state index contributed by atoms with van der Waals surface area (Å²) in [5.41, 5.74) is 0. The Kier molecular flexibility index (Phi) is 6.27. The molecule has 0 atom stereocenters. The van der Waals surface area contributed by atoms with Crippen LogP contribution in [0.3, 0.4) is 0 Å². The second-order valence-corrected chi connectivity index (χ2v) is 5.86. The second kappa shape index (κ2) is 7.21. The third kappa shape index (κ3) is 5.73. The lowest BCUT2D eigenvalue weighted by atomic mass is 10.4. The largest absolute Gasteiger partial charge is 0.350 e. The molecule has 1 aromatic heterocycles. The molecule has 0 bridgehead atoms. The van der Waals surface area contributed by atoms with Gasteiger partial charge in [-0.3, -0.25) is 4.79 Å². The zero-order valence-corrected chi connectivity index (χ0v) is 11.8. The molecule has 1 saturated carbocycles. The van der Waals surface area contributed by atoms with E-state index >= 15 is 0 Å². The topological polar surface area (TPSA) is 41.1 Å². The maximum absolute atomic E-state index is 11.4. The lowest BCUT2D eigenvalue weighted by Crippen LogP contribution is -2.34. The van der Waals surface area contributed by atoms with Gasteiger partial charge in [0.05, 0.1) is 17.4 Å². The molecule has 17 heavy (non-hydrogen) atoms. The zero-order valence-electron chi connectivity index (χ0n) is 9.37. The highest BCUT2D eigenvalue weighted by molar-refractivity contribution is 7.16. The molecule has 2 N–H and O–H groups in total. The Morgan fingerprint density at radius 3 is 2.82 bits per heavy atom. The van der Waals surface area contributed by atoms with Crippen molar-refractivity contribution in [3.63, 3.8) is 0 Å². The van der Waals surface area contributed by atoms with Crippen molar-refractivity contribution in [3.05, 3.63) is 21.3 Å². The van der Waals surface area contributed by atoms with Crippen LogP contribution in [0, 0.1) is 5.92 Å². The van der Waals surface area contributed by atoms with E-state index in [2.05, 4.69) is 10.6 Å². The lowest BCUT2D eigenvalue weighted by Gasteiger charge is -2.04. The fourth-order valence-electron chi connectivity index (χ4n) is 1.41. The Balaban J connectivity index is 0.00000144. The number of hydrogen-bond acceptors (Lipinski definition) is 3. The molecule has 2 rings (SSSR count). The van der Waals surface area contributed by atoms with Gasteiger partial charge in [-0.05, 0) is 37.4 Å². The van der Waals surface area contributed by atoms with Gasteiger partial charge in [-0.2, -0.15) is 0 Å². The molecule has 0 aromatic carbocycles. The van der Waals surface area contributed by atoms with E-state index < -0.39 is 0 Å². The quantitative estimate of drug-likeness (QED) is 0.846. The first kappa shape index (κ1) is 14.8. The van der Waals surface area contributed by atoms with Gasteiger partial charge in [-0.1, -0.05) is 11.6 Å². The van der Waals surface area contributed by atoms with E-state index in [9.17, 15) is 4.79 Å². The first-order valence-corrected chi connectivity index (χ1v) is 6.65. The van der Waals surface area contributed by atoms with Crippen LogP contribution in [0.25, 0.3) is 0 Å². The molecule has 0 saturated heterocycles. The first-order chi connectivity index (χ1) is 7.74. The van der Waals surface area contributed by atoms with Crippen molar-refractivity contribution in [1.82, 2.24) is 10.6 Å². The first-order valence-electron chi connectivity index (χ1n) is 5.45. The van der Waals surface area contributed by atoms with Crippen LogP contribution in [0.4, 0.5) is 0 Å². The van der Waals surface area contributed by atoms with Crippen LogP contribution in [0.15, 0.2) is 12.1 Å². The van der Waals surface area contributed by atoms with E-state index in [-0.39, 0.29) is 18.3 Å². The summed E-state index contributed by atoms with van der Waals surface area (Å²) in [6, 6.07) is 3.78. The van der Waals surface area contributed by atoms with E-state index in [0.29, 0.717) is 13.1 Å². The molecule has 0 radical (unpaired) electrons. The Hall–Kier alpha value is -0.290. The molecule has 1 aliphatic rings.